The first-order valence-electron chi connectivity index (χ1n) is 15.1. The number of carbonyl (C=O) groups is 1. The third-order valence-electron chi connectivity index (χ3n) is 8.87. The lowest BCUT2D eigenvalue weighted by Gasteiger charge is -2.26. The van der Waals surface area contributed by atoms with Crippen LogP contribution in [-0.4, -0.2) is 34.2 Å². The van der Waals surface area contributed by atoms with Gasteiger partial charge in [0.1, 0.15) is 29.8 Å². The Bertz CT molecular complexity index is 1980. The Hall–Kier alpha value is -5.14. The number of aromatic nitrogens is 3. The van der Waals surface area contributed by atoms with Crippen molar-refractivity contribution in [1.82, 2.24) is 14.5 Å². The molecule has 232 valence electrons. The van der Waals surface area contributed by atoms with Crippen LogP contribution in [0.3, 0.4) is 0 Å². The van der Waals surface area contributed by atoms with E-state index in [0.717, 1.165) is 23.9 Å². The van der Waals surface area contributed by atoms with Gasteiger partial charge < -0.3 is 18.8 Å². The standard InChI is InChI=1S/C36H30F2N4O4/c37-29-15-25(31-2-1-3-35(41-31)45-20-26-7-4-23(14-30(26)38)27-18-44-19-27)6-5-24(29)16-34-40-32-9-8-28(46-22-43)17-33(32)42(34)21-36(10-11-36)12-13-39/h1-9,14-15,17,22,27H,10-12,16,18-21H2. The molecule has 1 saturated heterocycles. The average Bonchev–Trinajstić information content (AvgIpc) is 3.71. The molecule has 0 bridgehead atoms. The highest BCUT2D eigenvalue weighted by Gasteiger charge is 2.43. The quantitative estimate of drug-likeness (QED) is 0.140. The molecule has 1 aliphatic carbocycles. The first-order valence-corrected chi connectivity index (χ1v) is 15.1. The van der Waals surface area contributed by atoms with Crippen molar-refractivity contribution in [2.75, 3.05) is 13.2 Å². The summed E-state index contributed by atoms with van der Waals surface area (Å²) in [6, 6.07) is 22.8. The lowest BCUT2D eigenvalue weighted by Crippen LogP contribution is -2.25. The van der Waals surface area contributed by atoms with E-state index in [0.29, 0.717) is 78.0 Å². The molecule has 46 heavy (non-hydrogen) atoms. The number of hydrogen-bond acceptors (Lipinski definition) is 7. The number of pyridine rings is 1. The Morgan fingerprint density at radius 1 is 1.00 bits per heavy atom. The number of ether oxygens (including phenoxy) is 3. The zero-order valence-electron chi connectivity index (χ0n) is 24.9. The second kappa shape index (κ2) is 12.3. The van der Waals surface area contributed by atoms with Gasteiger partial charge in [0.05, 0.1) is 36.0 Å². The minimum absolute atomic E-state index is 0.0104. The fourth-order valence-electron chi connectivity index (χ4n) is 5.85. The molecule has 8 nitrogen and oxygen atoms in total. The fraction of sp³-hybridized carbons (Fsp3) is 0.278. The van der Waals surface area contributed by atoms with Crippen molar-refractivity contribution in [1.29, 1.82) is 5.26 Å². The highest BCUT2D eigenvalue weighted by atomic mass is 19.1. The normalized spacial score (nSPS) is 15.2. The third-order valence-corrected chi connectivity index (χ3v) is 8.87. The maximum Gasteiger partial charge on any atom is 0.298 e. The van der Waals surface area contributed by atoms with Crippen LogP contribution in [-0.2, 0) is 29.1 Å². The number of nitriles is 1. The molecule has 1 saturated carbocycles. The molecule has 0 amide bonds. The van der Waals surface area contributed by atoms with E-state index in [-0.39, 0.29) is 30.2 Å². The number of imidazole rings is 1. The molecule has 2 aromatic heterocycles. The average molecular weight is 621 g/mol. The molecular formula is C36H30F2N4O4. The second-order valence-corrected chi connectivity index (χ2v) is 12.0. The minimum Gasteiger partial charge on any atom is -0.473 e. The number of benzene rings is 3. The summed E-state index contributed by atoms with van der Waals surface area (Å²) in [5.74, 6) is 0.833. The van der Waals surface area contributed by atoms with E-state index in [1.54, 1.807) is 54.6 Å². The van der Waals surface area contributed by atoms with Crippen molar-refractivity contribution in [2.45, 2.75) is 44.8 Å². The molecule has 2 fully saturated rings. The summed E-state index contributed by atoms with van der Waals surface area (Å²) < 4.78 is 48.4. The van der Waals surface area contributed by atoms with Crippen molar-refractivity contribution in [3.8, 4) is 29.0 Å². The highest BCUT2D eigenvalue weighted by molar-refractivity contribution is 5.78. The van der Waals surface area contributed by atoms with E-state index in [2.05, 4.69) is 11.1 Å². The molecule has 7 rings (SSSR count). The summed E-state index contributed by atoms with van der Waals surface area (Å²) in [5.41, 5.74) is 4.20. The van der Waals surface area contributed by atoms with Crippen LogP contribution >= 0.6 is 0 Å². The third kappa shape index (κ3) is 6.06. The van der Waals surface area contributed by atoms with E-state index in [9.17, 15) is 14.4 Å². The summed E-state index contributed by atoms with van der Waals surface area (Å²) in [5, 5.41) is 9.39. The van der Waals surface area contributed by atoms with E-state index in [1.807, 2.05) is 10.6 Å². The number of rotatable bonds is 12. The smallest absolute Gasteiger partial charge is 0.298 e. The van der Waals surface area contributed by atoms with E-state index in [1.165, 1.54) is 12.1 Å². The fourth-order valence-corrected chi connectivity index (χ4v) is 5.85. The summed E-state index contributed by atoms with van der Waals surface area (Å²) in [7, 11) is 0. The number of fused-ring (bicyclic) bond motifs is 1. The Morgan fingerprint density at radius 2 is 1.83 bits per heavy atom. The molecular weight excluding hydrogens is 590 g/mol. The molecule has 1 aliphatic heterocycles. The van der Waals surface area contributed by atoms with Crippen LogP contribution in [0.25, 0.3) is 22.3 Å². The molecule has 10 heteroatoms. The summed E-state index contributed by atoms with van der Waals surface area (Å²) >= 11 is 0. The molecule has 0 N–H and O–H groups in total. The summed E-state index contributed by atoms with van der Waals surface area (Å²) in [6.45, 7) is 2.17. The lowest BCUT2D eigenvalue weighted by molar-refractivity contribution is -0.120. The van der Waals surface area contributed by atoms with Crippen LogP contribution in [0.2, 0.25) is 0 Å². The molecule has 3 aromatic carbocycles. The second-order valence-electron chi connectivity index (χ2n) is 12.0. The molecule has 3 heterocycles. The monoisotopic (exact) mass is 620 g/mol. The maximum atomic E-state index is 15.6. The number of nitrogens with zero attached hydrogens (tertiary/aromatic N) is 4. The minimum atomic E-state index is -0.411. The van der Waals surface area contributed by atoms with E-state index < -0.39 is 5.82 Å². The Morgan fingerprint density at radius 3 is 2.54 bits per heavy atom. The molecule has 0 unspecified atom stereocenters. The van der Waals surface area contributed by atoms with Crippen molar-refractivity contribution in [3.63, 3.8) is 0 Å². The largest absolute Gasteiger partial charge is 0.473 e. The van der Waals surface area contributed by atoms with Gasteiger partial charge in [0.25, 0.3) is 6.47 Å². The van der Waals surface area contributed by atoms with Crippen LogP contribution in [0.4, 0.5) is 8.78 Å². The van der Waals surface area contributed by atoms with Gasteiger partial charge in [0, 0.05) is 54.0 Å². The number of carbonyl (C=O) groups excluding carboxylic acids is 1. The molecule has 0 spiro atoms. The molecule has 5 aromatic rings. The molecule has 2 aliphatic rings. The maximum absolute atomic E-state index is 15.6. The van der Waals surface area contributed by atoms with Crippen molar-refractivity contribution < 1.29 is 27.8 Å². The van der Waals surface area contributed by atoms with Gasteiger partial charge in [-0.15, -0.1) is 0 Å². The Labute approximate surface area is 264 Å². The number of hydrogen-bond donors (Lipinski definition) is 0. The zero-order chi connectivity index (χ0) is 31.7. The van der Waals surface area contributed by atoms with Crippen LogP contribution in [0, 0.1) is 28.4 Å². The van der Waals surface area contributed by atoms with Gasteiger partial charge in [-0.05, 0) is 54.3 Å². The van der Waals surface area contributed by atoms with Crippen LogP contribution in [0.15, 0.2) is 72.8 Å². The predicted octanol–water partition coefficient (Wildman–Crippen LogP) is 6.89. The van der Waals surface area contributed by atoms with Crippen molar-refractivity contribution in [2.24, 2.45) is 5.41 Å². The number of halogens is 2. The Balaban J connectivity index is 1.10. The SMILES string of the molecule is N#CCC1(Cn2c(Cc3ccc(-c4cccc(OCc5ccc(C6COC6)cc5F)n4)cc3F)nc3ccc(OC=O)cc32)CC1. The van der Waals surface area contributed by atoms with E-state index in [4.69, 9.17) is 19.2 Å². The summed E-state index contributed by atoms with van der Waals surface area (Å²) in [4.78, 5) is 20.3. The topological polar surface area (TPSA) is 99.3 Å². The van der Waals surface area contributed by atoms with Crippen LogP contribution in [0.5, 0.6) is 11.6 Å². The lowest BCUT2D eigenvalue weighted by atomic mass is 9.96. The van der Waals surface area contributed by atoms with Gasteiger partial charge in [-0.2, -0.15) is 5.26 Å². The van der Waals surface area contributed by atoms with Crippen molar-refractivity contribution >= 4 is 17.5 Å². The Kier molecular flexibility index (Phi) is 7.93. The first kappa shape index (κ1) is 29.6. The first-order chi connectivity index (χ1) is 22.4. The molecule has 0 radical (unpaired) electrons. The molecule has 0 atom stereocenters. The zero-order valence-corrected chi connectivity index (χ0v) is 24.9. The van der Waals surface area contributed by atoms with Crippen LogP contribution < -0.4 is 9.47 Å². The predicted molar refractivity (Wildman–Crippen MR) is 165 cm³/mol. The van der Waals surface area contributed by atoms with Gasteiger partial charge in [-0.25, -0.2) is 18.7 Å². The highest BCUT2D eigenvalue weighted by Crippen LogP contribution is 2.50. The van der Waals surface area contributed by atoms with Gasteiger partial charge in [-0.1, -0.05) is 30.3 Å². The van der Waals surface area contributed by atoms with Gasteiger partial charge >= 0.3 is 0 Å². The van der Waals surface area contributed by atoms with E-state index >= 15 is 4.39 Å². The van der Waals surface area contributed by atoms with Crippen LogP contribution in [0.1, 0.15) is 47.7 Å². The van der Waals surface area contributed by atoms with Gasteiger partial charge in [-0.3, -0.25) is 4.79 Å². The van der Waals surface area contributed by atoms with Gasteiger partial charge in [0.2, 0.25) is 5.88 Å². The summed E-state index contributed by atoms with van der Waals surface area (Å²) in [6.07, 6.45) is 2.51. The van der Waals surface area contributed by atoms with Crippen molar-refractivity contribution in [3.05, 3.63) is 107 Å². The van der Waals surface area contributed by atoms with Gasteiger partial charge in [0.15, 0.2) is 0 Å².